The fourth-order valence-electron chi connectivity index (χ4n) is 4.79. The summed E-state index contributed by atoms with van der Waals surface area (Å²) in [7, 11) is 0. The van der Waals surface area contributed by atoms with Crippen molar-refractivity contribution in [2.45, 2.75) is 33.1 Å². The first kappa shape index (κ1) is 18.9. The van der Waals surface area contributed by atoms with Gasteiger partial charge in [-0.2, -0.15) is 10.4 Å². The van der Waals surface area contributed by atoms with Gasteiger partial charge in [0.1, 0.15) is 23.1 Å². The van der Waals surface area contributed by atoms with Crippen LogP contribution in [0.4, 0.5) is 11.5 Å². The highest BCUT2D eigenvalue weighted by Gasteiger charge is 2.57. The fourth-order valence-corrected chi connectivity index (χ4v) is 4.79. The molecule has 31 heavy (non-hydrogen) atoms. The summed E-state index contributed by atoms with van der Waals surface area (Å²) in [6.45, 7) is 7.86. The molecule has 2 aliphatic heterocycles. The third kappa shape index (κ3) is 2.33. The summed E-state index contributed by atoms with van der Waals surface area (Å²) in [5.74, 6) is 0.470. The summed E-state index contributed by atoms with van der Waals surface area (Å²) >= 11 is 0. The lowest BCUT2D eigenvalue weighted by Gasteiger charge is -2.33. The van der Waals surface area contributed by atoms with Gasteiger partial charge >= 0.3 is 0 Å². The highest BCUT2D eigenvalue weighted by atomic mass is 16.2. The van der Waals surface area contributed by atoms with Crippen LogP contribution in [-0.4, -0.2) is 15.7 Å². The Labute approximate surface area is 180 Å². The van der Waals surface area contributed by atoms with E-state index in [-0.39, 0.29) is 17.3 Å². The Bertz CT molecular complexity index is 1370. The SMILES string of the molecule is Cc1ccc(C)c(-n2nc(C)c3c2NC(N)=C(C#N)C32C(=O)Nc3ccc(C)cc32)c1. The van der Waals surface area contributed by atoms with E-state index in [4.69, 9.17) is 10.8 Å². The summed E-state index contributed by atoms with van der Waals surface area (Å²) in [6, 6.07) is 14.1. The number of fused-ring (bicyclic) bond motifs is 4. The topological polar surface area (TPSA) is 109 Å². The van der Waals surface area contributed by atoms with Crippen LogP contribution < -0.4 is 16.4 Å². The first-order valence-corrected chi connectivity index (χ1v) is 10.1. The van der Waals surface area contributed by atoms with E-state index in [9.17, 15) is 10.1 Å². The Morgan fingerprint density at radius 2 is 1.77 bits per heavy atom. The summed E-state index contributed by atoms with van der Waals surface area (Å²) in [5, 5.41) is 21.0. The average Bonchev–Trinajstić information content (AvgIpc) is 3.19. The summed E-state index contributed by atoms with van der Waals surface area (Å²) < 4.78 is 1.79. The van der Waals surface area contributed by atoms with Crippen LogP contribution in [0.1, 0.15) is 33.5 Å². The zero-order chi connectivity index (χ0) is 22.1. The molecule has 1 atom stereocenters. The van der Waals surface area contributed by atoms with Gasteiger partial charge in [-0.05, 0) is 51.0 Å². The van der Waals surface area contributed by atoms with Gasteiger partial charge in [0.25, 0.3) is 0 Å². The van der Waals surface area contributed by atoms with Gasteiger partial charge in [0, 0.05) is 16.8 Å². The highest BCUT2D eigenvalue weighted by Crippen LogP contribution is 2.54. The van der Waals surface area contributed by atoms with E-state index in [2.05, 4.69) is 16.7 Å². The van der Waals surface area contributed by atoms with E-state index in [1.165, 1.54) is 0 Å². The Morgan fingerprint density at radius 3 is 2.52 bits per heavy atom. The smallest absolute Gasteiger partial charge is 0.245 e. The van der Waals surface area contributed by atoms with Crippen molar-refractivity contribution in [1.82, 2.24) is 9.78 Å². The lowest BCUT2D eigenvalue weighted by Crippen LogP contribution is -2.43. The molecule has 0 radical (unpaired) electrons. The normalized spacial score (nSPS) is 19.0. The molecule has 7 heteroatoms. The maximum Gasteiger partial charge on any atom is 0.245 e. The van der Waals surface area contributed by atoms with Gasteiger partial charge in [-0.25, -0.2) is 4.68 Å². The molecule has 3 aromatic rings. The van der Waals surface area contributed by atoms with Gasteiger partial charge < -0.3 is 16.4 Å². The molecule has 1 unspecified atom stereocenters. The van der Waals surface area contributed by atoms with Crippen molar-refractivity contribution in [3.8, 4) is 11.8 Å². The number of rotatable bonds is 1. The number of carbonyl (C=O) groups excluding carboxylic acids is 1. The lowest BCUT2D eigenvalue weighted by atomic mass is 9.68. The highest BCUT2D eigenvalue weighted by molar-refractivity contribution is 6.13. The number of hydrogen-bond donors (Lipinski definition) is 3. The average molecular weight is 410 g/mol. The van der Waals surface area contributed by atoms with Crippen LogP contribution in [0.5, 0.6) is 0 Å². The number of anilines is 2. The number of nitriles is 1. The van der Waals surface area contributed by atoms with Crippen LogP contribution >= 0.6 is 0 Å². The van der Waals surface area contributed by atoms with E-state index < -0.39 is 5.41 Å². The number of aryl methyl sites for hydroxylation is 4. The van der Waals surface area contributed by atoms with Gasteiger partial charge in [-0.3, -0.25) is 4.79 Å². The van der Waals surface area contributed by atoms with Gasteiger partial charge in [0.2, 0.25) is 5.91 Å². The molecule has 4 N–H and O–H groups in total. The van der Waals surface area contributed by atoms with Crippen molar-refractivity contribution < 1.29 is 4.79 Å². The molecule has 0 fully saturated rings. The Kier molecular flexibility index (Phi) is 3.80. The van der Waals surface area contributed by atoms with E-state index in [1.807, 2.05) is 64.1 Å². The van der Waals surface area contributed by atoms with Crippen molar-refractivity contribution in [2.75, 3.05) is 10.6 Å². The van der Waals surface area contributed by atoms with Crippen molar-refractivity contribution >= 4 is 17.4 Å². The zero-order valence-electron chi connectivity index (χ0n) is 17.8. The van der Waals surface area contributed by atoms with Gasteiger partial charge in [0.05, 0.1) is 17.0 Å². The molecule has 1 amide bonds. The number of nitrogens with zero attached hydrogens (tertiary/aromatic N) is 3. The molecular weight excluding hydrogens is 388 g/mol. The van der Waals surface area contributed by atoms with Crippen molar-refractivity contribution in [1.29, 1.82) is 5.26 Å². The van der Waals surface area contributed by atoms with E-state index >= 15 is 0 Å². The molecule has 1 spiro atoms. The number of nitrogens with one attached hydrogen (secondary N) is 2. The monoisotopic (exact) mass is 410 g/mol. The Hall–Kier alpha value is -4.05. The largest absolute Gasteiger partial charge is 0.384 e. The molecule has 154 valence electrons. The minimum Gasteiger partial charge on any atom is -0.384 e. The number of hydrogen-bond acceptors (Lipinski definition) is 5. The van der Waals surface area contributed by atoms with E-state index in [1.54, 1.807) is 4.68 Å². The number of amides is 1. The second-order valence-corrected chi connectivity index (χ2v) is 8.29. The molecule has 0 saturated heterocycles. The predicted molar refractivity (Wildman–Crippen MR) is 119 cm³/mol. The molecule has 0 saturated carbocycles. The van der Waals surface area contributed by atoms with Crippen LogP contribution in [0.2, 0.25) is 0 Å². The molecule has 0 bridgehead atoms. The fraction of sp³-hybridized carbons (Fsp3) is 0.208. The van der Waals surface area contributed by atoms with Crippen molar-refractivity contribution in [3.63, 3.8) is 0 Å². The molecule has 3 heterocycles. The molecule has 2 aliphatic rings. The van der Waals surface area contributed by atoms with Gasteiger partial charge in [-0.1, -0.05) is 29.8 Å². The number of carbonyl (C=O) groups is 1. The van der Waals surface area contributed by atoms with Crippen LogP contribution in [0.25, 0.3) is 5.69 Å². The predicted octanol–water partition coefficient (Wildman–Crippen LogP) is 3.46. The summed E-state index contributed by atoms with van der Waals surface area (Å²) in [4.78, 5) is 13.6. The summed E-state index contributed by atoms with van der Waals surface area (Å²) in [5.41, 5.74) is 11.9. The second kappa shape index (κ2) is 6.22. The van der Waals surface area contributed by atoms with Crippen LogP contribution in [0, 0.1) is 39.0 Å². The number of aromatic nitrogens is 2. The first-order chi connectivity index (χ1) is 14.8. The maximum atomic E-state index is 13.6. The molecular formula is C24H22N6O. The first-order valence-electron chi connectivity index (χ1n) is 10.1. The Balaban J connectivity index is 1.90. The van der Waals surface area contributed by atoms with E-state index in [0.29, 0.717) is 22.8 Å². The van der Waals surface area contributed by atoms with Crippen molar-refractivity contribution in [3.05, 3.63) is 81.3 Å². The second-order valence-electron chi connectivity index (χ2n) is 8.29. The maximum absolute atomic E-state index is 13.6. The zero-order valence-corrected chi connectivity index (χ0v) is 17.8. The summed E-state index contributed by atoms with van der Waals surface area (Å²) in [6.07, 6.45) is 0. The van der Waals surface area contributed by atoms with Crippen LogP contribution in [-0.2, 0) is 10.2 Å². The van der Waals surface area contributed by atoms with Crippen molar-refractivity contribution in [2.24, 2.45) is 5.73 Å². The minimum atomic E-state index is -1.35. The number of nitrogens with two attached hydrogens (primary N) is 1. The third-order valence-corrected chi connectivity index (χ3v) is 6.21. The molecule has 1 aromatic heterocycles. The minimum absolute atomic E-state index is 0.158. The third-order valence-electron chi connectivity index (χ3n) is 6.21. The van der Waals surface area contributed by atoms with Gasteiger partial charge in [-0.15, -0.1) is 0 Å². The van der Waals surface area contributed by atoms with Gasteiger partial charge in [0.15, 0.2) is 0 Å². The standard InChI is InChI=1S/C24H22N6O/c1-12-6-8-18-16(9-12)24(23(31)27-18)17(11-25)21(26)28-22-20(24)15(4)29-30(22)19-10-13(2)5-7-14(19)3/h5-10,28H,26H2,1-4H3,(H,27,31). The van der Waals surface area contributed by atoms with Crippen LogP contribution in [0.15, 0.2) is 47.8 Å². The molecule has 2 aromatic carbocycles. The van der Waals surface area contributed by atoms with E-state index in [0.717, 1.165) is 27.9 Å². The number of benzene rings is 2. The lowest BCUT2D eigenvalue weighted by molar-refractivity contribution is -0.118. The Morgan fingerprint density at radius 1 is 1.06 bits per heavy atom. The molecule has 7 nitrogen and oxygen atoms in total. The molecule has 0 aliphatic carbocycles. The quantitative estimate of drug-likeness (QED) is 0.569. The van der Waals surface area contributed by atoms with Crippen LogP contribution in [0.3, 0.4) is 0 Å². The molecule has 5 rings (SSSR count).